The topological polar surface area (TPSA) is 127 Å². The molecule has 11 nitrogen and oxygen atoms in total. The maximum atomic E-state index is 6.02. The van der Waals surface area contributed by atoms with Crippen molar-refractivity contribution in [2.75, 3.05) is 33.0 Å². The number of nitrogens with one attached hydrogen (secondary N) is 2. The largest absolute Gasteiger partial charge is 0.491 e. The highest BCUT2D eigenvalue weighted by Crippen LogP contribution is 2.37. The van der Waals surface area contributed by atoms with E-state index in [0.717, 1.165) is 70.2 Å². The Kier molecular flexibility index (Phi) is 5.73. The predicted octanol–water partition coefficient (Wildman–Crippen LogP) is 4.83. The molecule has 41 heavy (non-hydrogen) atoms. The van der Waals surface area contributed by atoms with Gasteiger partial charge in [0.2, 0.25) is 6.79 Å². The number of H-pyrrole nitrogens is 2. The van der Waals surface area contributed by atoms with E-state index in [0.29, 0.717) is 29.4 Å². The van der Waals surface area contributed by atoms with Gasteiger partial charge < -0.3 is 19.2 Å². The highest BCUT2D eigenvalue weighted by molar-refractivity contribution is 5.95. The molecular formula is C30H26N8O3. The fourth-order valence-electron chi connectivity index (χ4n) is 5.46. The van der Waals surface area contributed by atoms with Crippen LogP contribution in [0.3, 0.4) is 0 Å². The summed E-state index contributed by atoms with van der Waals surface area (Å²) in [5, 5.41) is 7.64. The van der Waals surface area contributed by atoms with Gasteiger partial charge in [0.15, 0.2) is 23.0 Å². The Labute approximate surface area is 234 Å². The molecule has 0 radical (unpaired) electrons. The average Bonchev–Trinajstić information content (AvgIpc) is 3.82. The molecule has 0 bridgehead atoms. The van der Waals surface area contributed by atoms with Crippen LogP contribution in [0.25, 0.3) is 56.1 Å². The van der Waals surface area contributed by atoms with Crippen molar-refractivity contribution in [1.82, 2.24) is 40.0 Å². The van der Waals surface area contributed by atoms with Crippen LogP contribution in [-0.2, 0) is 0 Å². The minimum absolute atomic E-state index is 0.219. The summed E-state index contributed by atoms with van der Waals surface area (Å²) in [6.45, 7) is 4.09. The fraction of sp³-hybridized carbons (Fsp3) is 0.233. The summed E-state index contributed by atoms with van der Waals surface area (Å²) in [4.78, 5) is 24.7. The van der Waals surface area contributed by atoms with Crippen LogP contribution >= 0.6 is 0 Å². The number of aromatic amines is 2. The second-order valence-electron chi connectivity index (χ2n) is 10.2. The van der Waals surface area contributed by atoms with Gasteiger partial charge in [0.05, 0.1) is 28.6 Å². The first-order valence-electron chi connectivity index (χ1n) is 13.7. The molecule has 1 aromatic carbocycles. The van der Waals surface area contributed by atoms with Crippen LogP contribution in [0.4, 0.5) is 0 Å². The van der Waals surface area contributed by atoms with Crippen molar-refractivity contribution in [2.45, 2.75) is 12.8 Å². The van der Waals surface area contributed by atoms with E-state index in [4.69, 9.17) is 24.2 Å². The summed E-state index contributed by atoms with van der Waals surface area (Å²) in [5.74, 6) is 2.75. The van der Waals surface area contributed by atoms with Crippen LogP contribution in [0.2, 0.25) is 0 Å². The van der Waals surface area contributed by atoms with Crippen LogP contribution < -0.4 is 14.2 Å². The Balaban J connectivity index is 1.11. The molecule has 7 heterocycles. The van der Waals surface area contributed by atoms with Gasteiger partial charge in [0.25, 0.3) is 0 Å². The van der Waals surface area contributed by atoms with Crippen LogP contribution in [0.15, 0.2) is 61.1 Å². The van der Waals surface area contributed by atoms with Gasteiger partial charge in [-0.2, -0.15) is 5.10 Å². The average molecular weight is 547 g/mol. The molecule has 1 fully saturated rings. The number of hydrogen-bond acceptors (Lipinski definition) is 9. The lowest BCUT2D eigenvalue weighted by atomic mass is 10.1. The Bertz CT molecular complexity index is 1890. The third-order valence-electron chi connectivity index (χ3n) is 7.56. The number of nitrogens with zero attached hydrogens (tertiary/aromatic N) is 6. The van der Waals surface area contributed by atoms with E-state index >= 15 is 0 Å². The van der Waals surface area contributed by atoms with Gasteiger partial charge in [0, 0.05) is 30.1 Å². The minimum atomic E-state index is 0.219. The second-order valence-corrected chi connectivity index (χ2v) is 10.2. The summed E-state index contributed by atoms with van der Waals surface area (Å²) in [7, 11) is 0. The lowest BCUT2D eigenvalue weighted by Crippen LogP contribution is -2.25. The number of benzene rings is 1. The molecule has 0 aliphatic carbocycles. The summed E-state index contributed by atoms with van der Waals surface area (Å²) in [6.07, 6.45) is 7.85. The van der Waals surface area contributed by atoms with Gasteiger partial charge in [-0.25, -0.2) is 9.97 Å². The van der Waals surface area contributed by atoms with Gasteiger partial charge in [-0.05, 0) is 68.4 Å². The number of rotatable bonds is 7. The standard InChI is InChI=1S/C30H26N8O3/c1-2-10-38(9-1)11-12-39-20-13-19(15-31-16-20)21-4-5-23-28(33-21)29(37-36-23)30-34-22-7-8-32-26(27(22)35-30)18-3-6-24-25(14-18)41-17-40-24/h3-8,13-16H,1-2,9-12,17H2,(H,34,35)(H,36,37). The smallest absolute Gasteiger partial charge is 0.231 e. The SMILES string of the molecule is c1cc2[nH]c(-c3n[nH]c4ccc(-c5cncc(OCCN6CCCC6)c5)nc34)nc2c(-c2ccc3c(c2)OCO3)n1. The molecule has 11 heteroatoms. The molecule has 0 saturated carbocycles. The molecule has 2 aliphatic heterocycles. The predicted molar refractivity (Wildman–Crippen MR) is 153 cm³/mol. The fourth-order valence-corrected chi connectivity index (χ4v) is 5.46. The van der Waals surface area contributed by atoms with Crippen LogP contribution in [0.5, 0.6) is 17.2 Å². The molecular weight excluding hydrogens is 520 g/mol. The normalized spacial score (nSPS) is 14.8. The van der Waals surface area contributed by atoms with Gasteiger partial charge >= 0.3 is 0 Å². The molecule has 0 atom stereocenters. The van der Waals surface area contributed by atoms with E-state index in [9.17, 15) is 0 Å². The molecule has 1 saturated heterocycles. The van der Waals surface area contributed by atoms with E-state index in [-0.39, 0.29) is 6.79 Å². The first kappa shape index (κ1) is 23.8. The second kappa shape index (κ2) is 9.86. The zero-order chi connectivity index (χ0) is 27.2. The zero-order valence-corrected chi connectivity index (χ0v) is 22.1. The third-order valence-corrected chi connectivity index (χ3v) is 7.56. The van der Waals surface area contributed by atoms with E-state index in [1.807, 2.05) is 42.5 Å². The lowest BCUT2D eigenvalue weighted by molar-refractivity contribution is 0.174. The molecule has 6 aromatic rings. The quantitative estimate of drug-likeness (QED) is 0.289. The number of ether oxygens (including phenoxy) is 3. The number of fused-ring (bicyclic) bond motifs is 3. The van der Waals surface area contributed by atoms with Gasteiger partial charge in [0.1, 0.15) is 23.4 Å². The molecule has 2 aliphatic rings. The Morgan fingerprint density at radius 3 is 2.71 bits per heavy atom. The van der Waals surface area contributed by atoms with Crippen molar-refractivity contribution in [3.8, 4) is 51.3 Å². The molecule has 5 aromatic heterocycles. The maximum Gasteiger partial charge on any atom is 0.231 e. The van der Waals surface area contributed by atoms with Crippen molar-refractivity contribution < 1.29 is 14.2 Å². The summed E-state index contributed by atoms with van der Waals surface area (Å²) >= 11 is 0. The van der Waals surface area contributed by atoms with Crippen molar-refractivity contribution in [1.29, 1.82) is 0 Å². The first-order chi connectivity index (χ1) is 20.3. The van der Waals surface area contributed by atoms with Crippen LogP contribution in [0.1, 0.15) is 12.8 Å². The molecule has 2 N–H and O–H groups in total. The highest BCUT2D eigenvalue weighted by Gasteiger charge is 2.20. The summed E-state index contributed by atoms with van der Waals surface area (Å²) < 4.78 is 17.0. The Morgan fingerprint density at radius 2 is 1.76 bits per heavy atom. The number of aromatic nitrogens is 7. The minimum Gasteiger partial charge on any atom is -0.491 e. The van der Waals surface area contributed by atoms with Crippen molar-refractivity contribution in [3.63, 3.8) is 0 Å². The van der Waals surface area contributed by atoms with Crippen LogP contribution in [-0.4, -0.2) is 73.1 Å². The molecule has 0 spiro atoms. The monoisotopic (exact) mass is 546 g/mol. The zero-order valence-electron chi connectivity index (χ0n) is 22.1. The lowest BCUT2D eigenvalue weighted by Gasteiger charge is -2.15. The third kappa shape index (κ3) is 4.40. The van der Waals surface area contributed by atoms with Crippen molar-refractivity contribution >= 4 is 22.1 Å². The first-order valence-corrected chi connectivity index (χ1v) is 13.7. The Morgan fingerprint density at radius 1 is 0.854 bits per heavy atom. The number of hydrogen-bond donors (Lipinski definition) is 2. The highest BCUT2D eigenvalue weighted by atomic mass is 16.7. The van der Waals surface area contributed by atoms with E-state index in [1.165, 1.54) is 12.8 Å². The molecule has 8 rings (SSSR count). The van der Waals surface area contributed by atoms with E-state index in [2.05, 4.69) is 30.0 Å². The molecule has 0 unspecified atom stereocenters. The van der Waals surface area contributed by atoms with Crippen LogP contribution in [0, 0.1) is 0 Å². The summed E-state index contributed by atoms with van der Waals surface area (Å²) in [5.41, 5.74) is 7.00. The van der Waals surface area contributed by atoms with Gasteiger partial charge in [-0.3, -0.25) is 20.0 Å². The summed E-state index contributed by atoms with van der Waals surface area (Å²) in [6, 6.07) is 13.6. The van der Waals surface area contributed by atoms with E-state index < -0.39 is 0 Å². The Hall–Kier alpha value is -5.03. The number of pyridine rings is 3. The number of likely N-dealkylation sites (tertiary alicyclic amines) is 1. The van der Waals surface area contributed by atoms with Crippen molar-refractivity contribution in [3.05, 3.63) is 61.1 Å². The van der Waals surface area contributed by atoms with Crippen molar-refractivity contribution in [2.24, 2.45) is 0 Å². The van der Waals surface area contributed by atoms with Gasteiger partial charge in [-0.1, -0.05) is 0 Å². The van der Waals surface area contributed by atoms with Gasteiger partial charge in [-0.15, -0.1) is 0 Å². The molecule has 0 amide bonds. The maximum absolute atomic E-state index is 6.02. The van der Waals surface area contributed by atoms with E-state index in [1.54, 1.807) is 18.6 Å². The molecule has 204 valence electrons. The number of imidazole rings is 1.